The lowest BCUT2D eigenvalue weighted by Gasteiger charge is -2.32. The molecule has 2 rings (SSSR count). The van der Waals surface area contributed by atoms with Gasteiger partial charge in [-0.2, -0.15) is 0 Å². The van der Waals surface area contributed by atoms with Crippen LogP contribution in [0.4, 0.5) is 5.69 Å². The zero-order chi connectivity index (χ0) is 16.1. The molecule has 0 radical (unpaired) electrons. The van der Waals surface area contributed by atoms with Gasteiger partial charge in [0.05, 0.1) is 11.1 Å². The molecule has 8 nitrogen and oxygen atoms in total. The van der Waals surface area contributed by atoms with Gasteiger partial charge in [-0.15, -0.1) is 0 Å². The SMILES string of the molecule is CN1CCN(CCCNC(=O)c2cc([N+](=O)[O-])cn2C)CC1. The van der Waals surface area contributed by atoms with Crippen molar-refractivity contribution in [1.29, 1.82) is 0 Å². The lowest BCUT2D eigenvalue weighted by atomic mass is 10.3. The number of carbonyl (C=O) groups excluding carboxylic acids is 1. The molecule has 0 atom stereocenters. The number of aryl methyl sites for hydroxylation is 1. The first-order chi connectivity index (χ1) is 10.5. The molecular weight excluding hydrogens is 286 g/mol. The molecule has 8 heteroatoms. The predicted molar refractivity (Wildman–Crippen MR) is 83.0 cm³/mol. The molecule has 1 aliphatic heterocycles. The molecule has 0 bridgehead atoms. The summed E-state index contributed by atoms with van der Waals surface area (Å²) in [5.41, 5.74) is 0.247. The third-order valence-electron chi connectivity index (χ3n) is 3.97. The minimum absolute atomic E-state index is 0.0647. The summed E-state index contributed by atoms with van der Waals surface area (Å²) in [4.78, 5) is 26.9. The Morgan fingerprint density at radius 3 is 2.59 bits per heavy atom. The highest BCUT2D eigenvalue weighted by molar-refractivity contribution is 5.93. The van der Waals surface area contributed by atoms with Crippen molar-refractivity contribution in [2.75, 3.05) is 46.3 Å². The van der Waals surface area contributed by atoms with Gasteiger partial charge >= 0.3 is 0 Å². The van der Waals surface area contributed by atoms with E-state index >= 15 is 0 Å². The average molecular weight is 309 g/mol. The Morgan fingerprint density at radius 2 is 2.00 bits per heavy atom. The van der Waals surface area contributed by atoms with Crippen LogP contribution in [0.25, 0.3) is 0 Å². The fourth-order valence-electron chi connectivity index (χ4n) is 2.54. The van der Waals surface area contributed by atoms with E-state index in [1.54, 1.807) is 7.05 Å². The number of nitrogens with one attached hydrogen (secondary N) is 1. The standard InChI is InChI=1S/C14H23N5O3/c1-16-6-8-18(9-7-16)5-3-4-15-14(20)13-10-12(19(21)22)11-17(13)2/h10-11H,3-9H2,1-2H3,(H,15,20). The molecule has 2 heterocycles. The van der Waals surface area contributed by atoms with E-state index in [4.69, 9.17) is 0 Å². The van der Waals surface area contributed by atoms with Gasteiger partial charge in [-0.3, -0.25) is 14.9 Å². The van der Waals surface area contributed by atoms with Crippen molar-refractivity contribution in [2.45, 2.75) is 6.42 Å². The third-order valence-corrected chi connectivity index (χ3v) is 3.97. The Bertz CT molecular complexity index is 535. The van der Waals surface area contributed by atoms with Crippen LogP contribution in [-0.4, -0.2) is 71.5 Å². The summed E-state index contributed by atoms with van der Waals surface area (Å²) in [5.74, 6) is -0.269. The molecule has 0 saturated carbocycles. The summed E-state index contributed by atoms with van der Waals surface area (Å²) >= 11 is 0. The molecule has 1 aliphatic rings. The fourth-order valence-corrected chi connectivity index (χ4v) is 2.54. The average Bonchev–Trinajstić information content (AvgIpc) is 2.87. The second-order valence-corrected chi connectivity index (χ2v) is 5.71. The Morgan fingerprint density at radius 1 is 1.32 bits per heavy atom. The largest absolute Gasteiger partial charge is 0.351 e. The van der Waals surface area contributed by atoms with E-state index in [1.165, 1.54) is 16.8 Å². The number of piperazine rings is 1. The van der Waals surface area contributed by atoms with E-state index in [9.17, 15) is 14.9 Å². The van der Waals surface area contributed by atoms with Crippen molar-refractivity contribution in [1.82, 2.24) is 19.7 Å². The van der Waals surface area contributed by atoms with Crippen LogP contribution in [-0.2, 0) is 7.05 Å². The molecule has 1 N–H and O–H groups in total. The van der Waals surface area contributed by atoms with Crippen LogP contribution >= 0.6 is 0 Å². The van der Waals surface area contributed by atoms with Crippen molar-refractivity contribution >= 4 is 11.6 Å². The van der Waals surface area contributed by atoms with Gasteiger partial charge in [-0.1, -0.05) is 0 Å². The first kappa shape index (κ1) is 16.4. The summed E-state index contributed by atoms with van der Waals surface area (Å²) < 4.78 is 1.48. The van der Waals surface area contributed by atoms with E-state index in [0.29, 0.717) is 12.2 Å². The molecule has 1 amide bonds. The highest BCUT2D eigenvalue weighted by atomic mass is 16.6. The molecule has 0 unspecified atom stereocenters. The van der Waals surface area contributed by atoms with Crippen LogP contribution in [0.15, 0.2) is 12.3 Å². The number of amides is 1. The number of rotatable bonds is 6. The Labute approximate surface area is 129 Å². The summed E-state index contributed by atoms with van der Waals surface area (Å²) in [6.45, 7) is 5.83. The van der Waals surface area contributed by atoms with Crippen LogP contribution in [0, 0.1) is 10.1 Å². The quantitative estimate of drug-likeness (QED) is 0.464. The number of nitrogens with zero attached hydrogens (tertiary/aromatic N) is 4. The Balaban J connectivity index is 1.73. The minimum Gasteiger partial charge on any atom is -0.351 e. The molecule has 122 valence electrons. The molecule has 1 fully saturated rings. The zero-order valence-corrected chi connectivity index (χ0v) is 13.1. The predicted octanol–water partition coefficient (Wildman–Crippen LogP) is 0.301. The van der Waals surface area contributed by atoms with Crippen LogP contribution < -0.4 is 5.32 Å². The number of hydrogen-bond acceptors (Lipinski definition) is 5. The molecule has 22 heavy (non-hydrogen) atoms. The van der Waals surface area contributed by atoms with E-state index in [-0.39, 0.29) is 11.6 Å². The first-order valence-corrected chi connectivity index (χ1v) is 7.47. The van der Waals surface area contributed by atoms with Crippen LogP contribution in [0.1, 0.15) is 16.9 Å². The maximum Gasteiger partial charge on any atom is 0.287 e. The molecule has 0 spiro atoms. The minimum atomic E-state index is -0.496. The summed E-state index contributed by atoms with van der Waals surface area (Å²) in [6, 6.07) is 1.30. The molecule has 1 saturated heterocycles. The molecule has 1 aromatic rings. The van der Waals surface area contributed by atoms with Gasteiger partial charge in [0, 0.05) is 45.8 Å². The summed E-state index contributed by atoms with van der Waals surface area (Å²) in [6.07, 6.45) is 2.22. The van der Waals surface area contributed by atoms with E-state index in [0.717, 1.165) is 39.1 Å². The van der Waals surface area contributed by atoms with Gasteiger partial charge in [-0.05, 0) is 20.0 Å². The van der Waals surface area contributed by atoms with Crippen molar-refractivity contribution < 1.29 is 9.72 Å². The van der Waals surface area contributed by atoms with Crippen LogP contribution in [0.5, 0.6) is 0 Å². The number of aromatic nitrogens is 1. The lowest BCUT2D eigenvalue weighted by Crippen LogP contribution is -2.45. The molecule has 1 aromatic heterocycles. The van der Waals surface area contributed by atoms with Gasteiger partial charge in [0.15, 0.2) is 0 Å². The Hall–Kier alpha value is -1.93. The lowest BCUT2D eigenvalue weighted by molar-refractivity contribution is -0.384. The topological polar surface area (TPSA) is 83.7 Å². The molecule has 0 aliphatic carbocycles. The van der Waals surface area contributed by atoms with Crippen LogP contribution in [0.3, 0.4) is 0 Å². The maximum atomic E-state index is 12.0. The summed E-state index contributed by atoms with van der Waals surface area (Å²) in [7, 11) is 3.75. The fraction of sp³-hybridized carbons (Fsp3) is 0.643. The second-order valence-electron chi connectivity index (χ2n) is 5.71. The van der Waals surface area contributed by atoms with Crippen molar-refractivity contribution in [2.24, 2.45) is 7.05 Å². The first-order valence-electron chi connectivity index (χ1n) is 7.47. The normalized spacial score (nSPS) is 16.6. The zero-order valence-electron chi connectivity index (χ0n) is 13.1. The monoisotopic (exact) mass is 309 g/mol. The van der Waals surface area contributed by atoms with Gasteiger partial charge in [0.25, 0.3) is 11.6 Å². The van der Waals surface area contributed by atoms with E-state index < -0.39 is 4.92 Å². The number of hydrogen-bond donors (Lipinski definition) is 1. The number of nitro groups is 1. The Kier molecular flexibility index (Phi) is 5.51. The van der Waals surface area contributed by atoms with Gasteiger partial charge in [-0.25, -0.2) is 0 Å². The molecular formula is C14H23N5O3. The van der Waals surface area contributed by atoms with E-state index in [2.05, 4.69) is 22.2 Å². The van der Waals surface area contributed by atoms with Gasteiger partial charge in [0.2, 0.25) is 0 Å². The van der Waals surface area contributed by atoms with Crippen molar-refractivity contribution in [3.05, 3.63) is 28.1 Å². The second kappa shape index (κ2) is 7.37. The van der Waals surface area contributed by atoms with E-state index in [1.807, 2.05) is 0 Å². The highest BCUT2D eigenvalue weighted by Gasteiger charge is 2.17. The number of likely N-dealkylation sites (N-methyl/N-ethyl adjacent to an activating group) is 1. The smallest absolute Gasteiger partial charge is 0.287 e. The highest BCUT2D eigenvalue weighted by Crippen LogP contribution is 2.14. The maximum absolute atomic E-state index is 12.0. The van der Waals surface area contributed by atoms with Crippen molar-refractivity contribution in [3.63, 3.8) is 0 Å². The molecule has 0 aromatic carbocycles. The van der Waals surface area contributed by atoms with Gasteiger partial charge < -0.3 is 19.7 Å². The summed E-state index contributed by atoms with van der Waals surface area (Å²) in [5, 5.41) is 13.5. The number of carbonyl (C=O) groups is 1. The van der Waals surface area contributed by atoms with Gasteiger partial charge in [0.1, 0.15) is 5.69 Å². The van der Waals surface area contributed by atoms with Crippen LogP contribution in [0.2, 0.25) is 0 Å². The third kappa shape index (κ3) is 4.28. The van der Waals surface area contributed by atoms with Crippen molar-refractivity contribution in [3.8, 4) is 0 Å².